The Kier molecular flexibility index (Phi) is 5.12. The lowest BCUT2D eigenvalue weighted by Gasteiger charge is -2.16. The largest absolute Gasteiger partial charge is 0.478 e. The number of hydrogen-bond donors (Lipinski definition) is 2. The molecule has 0 aliphatic carbocycles. The van der Waals surface area contributed by atoms with Crippen LogP contribution in [0.2, 0.25) is 5.02 Å². The van der Waals surface area contributed by atoms with E-state index in [1.54, 1.807) is 19.1 Å². The van der Waals surface area contributed by atoms with Crippen LogP contribution < -0.4 is 5.32 Å². The zero-order chi connectivity index (χ0) is 14.6. The third-order valence-electron chi connectivity index (χ3n) is 2.94. The predicted octanol–water partition coefficient (Wildman–Crippen LogP) is 2.94. The van der Waals surface area contributed by atoms with Crippen molar-refractivity contribution in [2.45, 2.75) is 26.8 Å². The maximum atomic E-state index is 11.9. The number of rotatable bonds is 4. The Labute approximate surface area is 117 Å². The number of aliphatic carboxylic acids is 1. The van der Waals surface area contributed by atoms with Gasteiger partial charge in [0.25, 0.3) is 0 Å². The van der Waals surface area contributed by atoms with Crippen molar-refractivity contribution < 1.29 is 14.7 Å². The van der Waals surface area contributed by atoms with Gasteiger partial charge in [0.05, 0.1) is 6.04 Å². The van der Waals surface area contributed by atoms with E-state index in [9.17, 15) is 9.59 Å². The fraction of sp³-hybridized carbons (Fsp3) is 0.286. The van der Waals surface area contributed by atoms with Gasteiger partial charge in [-0.05, 0) is 32.4 Å². The molecule has 1 rings (SSSR count). The zero-order valence-electron chi connectivity index (χ0n) is 11.0. The normalized spacial score (nSPS) is 13.5. The van der Waals surface area contributed by atoms with Gasteiger partial charge in [0, 0.05) is 16.2 Å². The average molecular weight is 282 g/mol. The summed E-state index contributed by atoms with van der Waals surface area (Å²) in [6.45, 7) is 4.68. The van der Waals surface area contributed by atoms with Crippen LogP contribution in [0.4, 0.5) is 0 Å². The van der Waals surface area contributed by atoms with Gasteiger partial charge < -0.3 is 10.4 Å². The van der Waals surface area contributed by atoms with Crippen molar-refractivity contribution >= 4 is 23.5 Å². The molecule has 1 aromatic rings. The van der Waals surface area contributed by atoms with Crippen LogP contribution in [-0.4, -0.2) is 17.0 Å². The highest BCUT2D eigenvalue weighted by molar-refractivity contribution is 6.31. The average Bonchev–Trinajstić information content (AvgIpc) is 2.37. The number of carboxylic acid groups (broad SMARTS) is 1. The summed E-state index contributed by atoms with van der Waals surface area (Å²) in [4.78, 5) is 22.7. The van der Waals surface area contributed by atoms with Crippen LogP contribution in [0.25, 0.3) is 0 Å². The van der Waals surface area contributed by atoms with E-state index >= 15 is 0 Å². The van der Waals surface area contributed by atoms with E-state index in [1.165, 1.54) is 13.8 Å². The number of carbonyl (C=O) groups excluding carboxylic acids is 1. The van der Waals surface area contributed by atoms with E-state index in [0.29, 0.717) is 5.02 Å². The highest BCUT2D eigenvalue weighted by Crippen LogP contribution is 2.22. The molecule has 0 saturated carbocycles. The topological polar surface area (TPSA) is 66.4 Å². The first kappa shape index (κ1) is 15.2. The second kappa shape index (κ2) is 6.38. The lowest BCUT2D eigenvalue weighted by molar-refractivity contribution is -0.133. The molecule has 1 aromatic carbocycles. The molecule has 4 nitrogen and oxygen atoms in total. The lowest BCUT2D eigenvalue weighted by Crippen LogP contribution is -2.28. The van der Waals surface area contributed by atoms with Gasteiger partial charge in [-0.2, -0.15) is 0 Å². The lowest BCUT2D eigenvalue weighted by atomic mass is 10.1. The van der Waals surface area contributed by atoms with Gasteiger partial charge in [0.15, 0.2) is 0 Å². The number of nitrogens with one attached hydrogen (secondary N) is 1. The minimum atomic E-state index is -1.10. The molecule has 1 unspecified atom stereocenters. The Morgan fingerprint density at radius 3 is 2.32 bits per heavy atom. The quantitative estimate of drug-likeness (QED) is 0.834. The van der Waals surface area contributed by atoms with E-state index in [-0.39, 0.29) is 17.2 Å². The summed E-state index contributed by atoms with van der Waals surface area (Å²) in [5.74, 6) is -1.51. The number of amides is 1. The van der Waals surface area contributed by atoms with Crippen LogP contribution in [0.5, 0.6) is 0 Å². The summed E-state index contributed by atoms with van der Waals surface area (Å²) >= 11 is 6.04. The molecule has 0 saturated heterocycles. The molecule has 19 heavy (non-hydrogen) atoms. The summed E-state index contributed by atoms with van der Waals surface area (Å²) in [5.41, 5.74) is 1.01. The molecule has 102 valence electrons. The molecule has 2 N–H and O–H groups in total. The molecular weight excluding hydrogens is 266 g/mol. The van der Waals surface area contributed by atoms with Gasteiger partial charge >= 0.3 is 5.97 Å². The maximum absolute atomic E-state index is 11.9. The predicted molar refractivity (Wildman–Crippen MR) is 74.0 cm³/mol. The Hall–Kier alpha value is -1.81. The van der Waals surface area contributed by atoms with Crippen molar-refractivity contribution in [3.05, 3.63) is 46.0 Å². The Morgan fingerprint density at radius 1 is 1.21 bits per heavy atom. The number of hydrogen-bond acceptors (Lipinski definition) is 2. The highest BCUT2D eigenvalue weighted by Gasteiger charge is 2.16. The van der Waals surface area contributed by atoms with Gasteiger partial charge in [0.1, 0.15) is 0 Å². The van der Waals surface area contributed by atoms with Crippen molar-refractivity contribution in [2.75, 3.05) is 0 Å². The van der Waals surface area contributed by atoms with Gasteiger partial charge in [-0.3, -0.25) is 4.79 Å². The van der Waals surface area contributed by atoms with Crippen LogP contribution in [-0.2, 0) is 9.59 Å². The molecule has 1 atom stereocenters. The van der Waals surface area contributed by atoms with Crippen LogP contribution in [0.1, 0.15) is 32.4 Å². The van der Waals surface area contributed by atoms with E-state index in [1.807, 2.05) is 12.1 Å². The van der Waals surface area contributed by atoms with Crippen LogP contribution in [0.3, 0.4) is 0 Å². The second-order valence-electron chi connectivity index (χ2n) is 4.27. The first-order valence-electron chi connectivity index (χ1n) is 5.80. The smallest absolute Gasteiger partial charge is 0.331 e. The van der Waals surface area contributed by atoms with Gasteiger partial charge in [-0.15, -0.1) is 0 Å². The number of benzene rings is 1. The third kappa shape index (κ3) is 3.83. The molecule has 0 aliphatic heterocycles. The van der Waals surface area contributed by atoms with E-state index in [2.05, 4.69) is 5.32 Å². The zero-order valence-corrected chi connectivity index (χ0v) is 11.8. The first-order chi connectivity index (χ1) is 8.84. The first-order valence-corrected chi connectivity index (χ1v) is 6.18. The standard InChI is InChI=1S/C14H16ClNO3/c1-8(9(2)14(18)19)13(17)16-10(3)11-6-4-5-7-12(11)15/h4-7,10H,1-3H3,(H,16,17)(H,18,19). The molecule has 0 fully saturated rings. The fourth-order valence-electron chi connectivity index (χ4n) is 1.54. The maximum Gasteiger partial charge on any atom is 0.331 e. The molecule has 0 aromatic heterocycles. The third-order valence-corrected chi connectivity index (χ3v) is 3.29. The summed E-state index contributed by atoms with van der Waals surface area (Å²) in [6.07, 6.45) is 0. The minimum absolute atomic E-state index is 0.0314. The van der Waals surface area contributed by atoms with Crippen molar-refractivity contribution in [1.82, 2.24) is 5.32 Å². The Balaban J connectivity index is 2.87. The van der Waals surface area contributed by atoms with Gasteiger partial charge in [-0.1, -0.05) is 29.8 Å². The molecule has 0 aliphatic rings. The Bertz CT molecular complexity index is 537. The van der Waals surface area contributed by atoms with Crippen LogP contribution >= 0.6 is 11.6 Å². The highest BCUT2D eigenvalue weighted by atomic mass is 35.5. The summed E-state index contributed by atoms with van der Waals surface area (Å²) in [6, 6.07) is 6.90. The summed E-state index contributed by atoms with van der Waals surface area (Å²) < 4.78 is 0. The van der Waals surface area contributed by atoms with Crippen molar-refractivity contribution in [2.24, 2.45) is 0 Å². The Morgan fingerprint density at radius 2 is 1.79 bits per heavy atom. The summed E-state index contributed by atoms with van der Waals surface area (Å²) in [7, 11) is 0. The molecule has 0 spiro atoms. The van der Waals surface area contributed by atoms with Gasteiger partial charge in [-0.25, -0.2) is 4.79 Å². The SMILES string of the molecule is CC(C(=O)O)=C(C)C(=O)NC(C)c1ccccc1Cl. The number of carboxylic acids is 1. The van der Waals surface area contributed by atoms with Crippen LogP contribution in [0, 0.1) is 0 Å². The fourth-order valence-corrected chi connectivity index (χ4v) is 1.84. The molecule has 0 radical (unpaired) electrons. The second-order valence-corrected chi connectivity index (χ2v) is 4.68. The molecular formula is C14H16ClNO3. The van der Waals surface area contributed by atoms with Gasteiger partial charge in [0.2, 0.25) is 5.91 Å². The van der Waals surface area contributed by atoms with Crippen molar-refractivity contribution in [1.29, 1.82) is 0 Å². The van der Waals surface area contributed by atoms with Crippen molar-refractivity contribution in [3.8, 4) is 0 Å². The van der Waals surface area contributed by atoms with E-state index in [0.717, 1.165) is 5.56 Å². The number of carbonyl (C=O) groups is 2. The minimum Gasteiger partial charge on any atom is -0.478 e. The summed E-state index contributed by atoms with van der Waals surface area (Å²) in [5, 5.41) is 12.1. The molecule has 0 bridgehead atoms. The number of halogens is 1. The van der Waals surface area contributed by atoms with Crippen molar-refractivity contribution in [3.63, 3.8) is 0 Å². The van der Waals surface area contributed by atoms with Crippen LogP contribution in [0.15, 0.2) is 35.4 Å². The van der Waals surface area contributed by atoms with E-state index in [4.69, 9.17) is 16.7 Å². The monoisotopic (exact) mass is 281 g/mol. The van der Waals surface area contributed by atoms with E-state index < -0.39 is 11.9 Å². The molecule has 5 heteroatoms. The molecule has 1 amide bonds. The molecule has 0 heterocycles.